The minimum atomic E-state index is -0.161. The highest BCUT2D eigenvalue weighted by Gasteiger charge is 2.15. The van der Waals surface area contributed by atoms with Crippen molar-refractivity contribution < 1.29 is 4.39 Å². The Morgan fingerprint density at radius 1 is 1.04 bits per heavy atom. The standard InChI is InChI=1S/C20H23FN2/c1-15(2)17-6-8-18(9-7-17)22-14-16-5-10-20(19(21)13-16)23-11-3-4-12-23/h5-10,13-15H,3-4,11-12H2,1-2H3. The van der Waals surface area contributed by atoms with Gasteiger partial charge in [-0.15, -0.1) is 0 Å². The van der Waals surface area contributed by atoms with E-state index in [1.165, 1.54) is 5.56 Å². The Hall–Kier alpha value is -2.16. The highest BCUT2D eigenvalue weighted by Crippen LogP contribution is 2.24. The van der Waals surface area contributed by atoms with E-state index in [-0.39, 0.29) is 5.82 Å². The fourth-order valence-corrected chi connectivity index (χ4v) is 2.91. The van der Waals surface area contributed by atoms with Gasteiger partial charge in [0.25, 0.3) is 0 Å². The van der Waals surface area contributed by atoms with Gasteiger partial charge in [-0.3, -0.25) is 4.99 Å². The Balaban J connectivity index is 1.73. The van der Waals surface area contributed by atoms with Gasteiger partial charge in [0.1, 0.15) is 5.82 Å². The summed E-state index contributed by atoms with van der Waals surface area (Å²) in [5.74, 6) is 0.353. The van der Waals surface area contributed by atoms with Crippen molar-refractivity contribution in [3.8, 4) is 0 Å². The molecule has 1 heterocycles. The summed E-state index contributed by atoms with van der Waals surface area (Å²) >= 11 is 0. The van der Waals surface area contributed by atoms with Crippen LogP contribution in [0.15, 0.2) is 47.5 Å². The quantitative estimate of drug-likeness (QED) is 0.700. The van der Waals surface area contributed by atoms with Crippen molar-refractivity contribution in [2.75, 3.05) is 18.0 Å². The van der Waals surface area contributed by atoms with Gasteiger partial charge in [0.15, 0.2) is 0 Å². The van der Waals surface area contributed by atoms with Gasteiger partial charge in [-0.25, -0.2) is 4.39 Å². The first kappa shape index (κ1) is 15.7. The van der Waals surface area contributed by atoms with E-state index in [0.717, 1.165) is 37.2 Å². The van der Waals surface area contributed by atoms with E-state index >= 15 is 0 Å². The lowest BCUT2D eigenvalue weighted by atomic mass is 10.0. The fraction of sp³-hybridized carbons (Fsp3) is 0.350. The lowest BCUT2D eigenvalue weighted by Crippen LogP contribution is -2.18. The first-order chi connectivity index (χ1) is 11.1. The molecule has 1 aliphatic heterocycles. The fourth-order valence-electron chi connectivity index (χ4n) is 2.91. The van der Waals surface area contributed by atoms with Crippen LogP contribution in [0.4, 0.5) is 15.8 Å². The second-order valence-electron chi connectivity index (χ2n) is 6.41. The molecule has 3 heteroatoms. The summed E-state index contributed by atoms with van der Waals surface area (Å²) < 4.78 is 14.3. The topological polar surface area (TPSA) is 15.6 Å². The number of hydrogen-bond donors (Lipinski definition) is 0. The van der Waals surface area contributed by atoms with Crippen molar-refractivity contribution in [2.24, 2.45) is 4.99 Å². The minimum absolute atomic E-state index is 0.161. The van der Waals surface area contributed by atoms with Crippen molar-refractivity contribution in [1.29, 1.82) is 0 Å². The molecule has 0 atom stereocenters. The Bertz CT molecular complexity index is 683. The monoisotopic (exact) mass is 310 g/mol. The van der Waals surface area contributed by atoms with Crippen LogP contribution in [0, 0.1) is 5.82 Å². The molecule has 120 valence electrons. The number of aliphatic imine (C=N–C) groups is 1. The number of halogens is 1. The van der Waals surface area contributed by atoms with Gasteiger partial charge in [0.05, 0.1) is 11.4 Å². The van der Waals surface area contributed by atoms with Crippen molar-refractivity contribution in [2.45, 2.75) is 32.6 Å². The van der Waals surface area contributed by atoms with Gasteiger partial charge < -0.3 is 4.90 Å². The van der Waals surface area contributed by atoms with Gasteiger partial charge in [0.2, 0.25) is 0 Å². The van der Waals surface area contributed by atoms with Crippen LogP contribution in [0.1, 0.15) is 43.7 Å². The molecular weight excluding hydrogens is 287 g/mol. The third kappa shape index (κ3) is 3.79. The van der Waals surface area contributed by atoms with E-state index < -0.39 is 0 Å². The van der Waals surface area contributed by atoms with Gasteiger partial charge in [0, 0.05) is 19.3 Å². The first-order valence-electron chi connectivity index (χ1n) is 8.32. The van der Waals surface area contributed by atoms with E-state index in [9.17, 15) is 4.39 Å². The molecule has 2 aromatic rings. The zero-order valence-electron chi connectivity index (χ0n) is 13.8. The van der Waals surface area contributed by atoms with Gasteiger partial charge in [-0.2, -0.15) is 0 Å². The number of rotatable bonds is 4. The molecule has 23 heavy (non-hydrogen) atoms. The van der Waals surface area contributed by atoms with Crippen molar-refractivity contribution >= 4 is 17.6 Å². The molecule has 2 aromatic carbocycles. The molecule has 1 fully saturated rings. The summed E-state index contributed by atoms with van der Waals surface area (Å²) in [6.07, 6.45) is 4.02. The van der Waals surface area contributed by atoms with Crippen LogP contribution >= 0.6 is 0 Å². The largest absolute Gasteiger partial charge is 0.369 e. The average Bonchev–Trinajstić information content (AvgIpc) is 3.07. The van der Waals surface area contributed by atoms with Crippen LogP contribution in [0.25, 0.3) is 0 Å². The predicted octanol–water partition coefficient (Wildman–Crippen LogP) is 5.30. The lowest BCUT2D eigenvalue weighted by molar-refractivity contribution is 0.623. The summed E-state index contributed by atoms with van der Waals surface area (Å²) in [6.45, 7) is 6.24. The summed E-state index contributed by atoms with van der Waals surface area (Å²) in [7, 11) is 0. The van der Waals surface area contributed by atoms with Gasteiger partial charge >= 0.3 is 0 Å². The summed E-state index contributed by atoms with van der Waals surface area (Å²) in [5.41, 5.74) is 3.68. The average molecular weight is 310 g/mol. The number of nitrogens with zero attached hydrogens (tertiary/aromatic N) is 2. The van der Waals surface area contributed by atoms with Crippen molar-refractivity contribution in [3.05, 3.63) is 59.4 Å². The molecular formula is C20H23FN2. The molecule has 0 unspecified atom stereocenters. The smallest absolute Gasteiger partial charge is 0.147 e. The Labute approximate surface area is 137 Å². The number of benzene rings is 2. The Kier molecular flexibility index (Phi) is 4.75. The van der Waals surface area contributed by atoms with E-state index in [4.69, 9.17) is 0 Å². The van der Waals surface area contributed by atoms with Crippen LogP contribution in [0.3, 0.4) is 0 Å². The third-order valence-electron chi connectivity index (χ3n) is 4.34. The summed E-state index contributed by atoms with van der Waals surface area (Å²) in [5, 5.41) is 0. The number of hydrogen-bond acceptors (Lipinski definition) is 2. The van der Waals surface area contributed by atoms with Crippen LogP contribution in [-0.4, -0.2) is 19.3 Å². The summed E-state index contributed by atoms with van der Waals surface area (Å²) in [6, 6.07) is 13.6. The molecule has 1 aliphatic rings. The maximum Gasteiger partial charge on any atom is 0.147 e. The lowest BCUT2D eigenvalue weighted by Gasteiger charge is -2.18. The molecule has 0 saturated carbocycles. The normalized spacial score (nSPS) is 15.0. The zero-order chi connectivity index (χ0) is 16.2. The van der Waals surface area contributed by atoms with E-state index in [2.05, 4.69) is 35.9 Å². The first-order valence-corrected chi connectivity index (χ1v) is 8.32. The second kappa shape index (κ2) is 6.95. The molecule has 0 N–H and O–H groups in total. The molecule has 0 aliphatic carbocycles. The van der Waals surface area contributed by atoms with Crippen LogP contribution in [0.2, 0.25) is 0 Å². The van der Waals surface area contributed by atoms with E-state index in [1.54, 1.807) is 12.3 Å². The van der Waals surface area contributed by atoms with E-state index in [1.807, 2.05) is 24.3 Å². The molecule has 0 aromatic heterocycles. The highest BCUT2D eigenvalue weighted by atomic mass is 19.1. The minimum Gasteiger partial charge on any atom is -0.369 e. The van der Waals surface area contributed by atoms with Crippen molar-refractivity contribution in [3.63, 3.8) is 0 Å². The van der Waals surface area contributed by atoms with Crippen LogP contribution in [0.5, 0.6) is 0 Å². The molecule has 0 bridgehead atoms. The maximum absolute atomic E-state index is 14.3. The molecule has 3 rings (SSSR count). The van der Waals surface area contributed by atoms with Gasteiger partial charge in [-0.05, 0) is 54.2 Å². The zero-order valence-corrected chi connectivity index (χ0v) is 13.8. The molecule has 1 saturated heterocycles. The highest BCUT2D eigenvalue weighted by molar-refractivity contribution is 5.82. The SMILES string of the molecule is CC(C)c1ccc(N=Cc2ccc(N3CCCC3)c(F)c2)cc1. The second-order valence-corrected chi connectivity index (χ2v) is 6.41. The molecule has 0 amide bonds. The van der Waals surface area contributed by atoms with Crippen LogP contribution < -0.4 is 4.90 Å². The van der Waals surface area contributed by atoms with Crippen molar-refractivity contribution in [1.82, 2.24) is 0 Å². The van der Waals surface area contributed by atoms with Gasteiger partial charge in [-0.1, -0.05) is 32.0 Å². The molecule has 2 nitrogen and oxygen atoms in total. The number of anilines is 1. The maximum atomic E-state index is 14.3. The van der Waals surface area contributed by atoms with Crippen LogP contribution in [-0.2, 0) is 0 Å². The molecule has 0 spiro atoms. The van der Waals surface area contributed by atoms with E-state index in [0.29, 0.717) is 11.6 Å². The predicted molar refractivity (Wildman–Crippen MR) is 95.6 cm³/mol. The third-order valence-corrected chi connectivity index (χ3v) is 4.34. The summed E-state index contributed by atoms with van der Waals surface area (Å²) in [4.78, 5) is 6.55. The Morgan fingerprint density at radius 3 is 2.35 bits per heavy atom. The molecule has 0 radical (unpaired) electrons. The Morgan fingerprint density at radius 2 is 1.74 bits per heavy atom.